The second-order valence-electron chi connectivity index (χ2n) is 7.73. The summed E-state index contributed by atoms with van der Waals surface area (Å²) in [5.41, 5.74) is 2.15. The van der Waals surface area contributed by atoms with Crippen molar-refractivity contribution in [2.24, 2.45) is 0 Å². The van der Waals surface area contributed by atoms with Gasteiger partial charge in [-0.05, 0) is 30.3 Å². The maximum Gasteiger partial charge on any atom is 0.266 e. The number of nitrogens with zero attached hydrogens (tertiary/aromatic N) is 7. The van der Waals surface area contributed by atoms with Crippen LogP contribution in [0.25, 0.3) is 16.9 Å². The van der Waals surface area contributed by atoms with Crippen LogP contribution in [0.1, 0.15) is 0 Å². The van der Waals surface area contributed by atoms with Crippen molar-refractivity contribution in [1.82, 2.24) is 29.0 Å². The van der Waals surface area contributed by atoms with E-state index in [4.69, 9.17) is 0 Å². The molecule has 4 aromatic rings. The summed E-state index contributed by atoms with van der Waals surface area (Å²) >= 11 is 0. The highest BCUT2D eigenvalue weighted by molar-refractivity contribution is 5.57. The average molecular weight is 429 g/mol. The Bertz CT molecular complexity index is 1340. The van der Waals surface area contributed by atoms with Crippen molar-refractivity contribution >= 4 is 11.5 Å². The summed E-state index contributed by atoms with van der Waals surface area (Å²) in [6, 6.07) is 14.2. The molecule has 0 unspecified atom stereocenters. The Kier molecular flexibility index (Phi) is 5.47. The van der Waals surface area contributed by atoms with Gasteiger partial charge in [0, 0.05) is 69.0 Å². The van der Waals surface area contributed by atoms with E-state index < -0.39 is 0 Å². The van der Waals surface area contributed by atoms with E-state index in [0.717, 1.165) is 44.0 Å². The minimum Gasteiger partial charge on any atom is -0.354 e. The molecule has 5 rings (SSSR count). The maximum atomic E-state index is 12.4. The molecule has 0 N–H and O–H groups in total. The van der Waals surface area contributed by atoms with E-state index in [-0.39, 0.29) is 11.1 Å². The molecular weight excluding hydrogens is 406 g/mol. The second kappa shape index (κ2) is 8.72. The first-order chi connectivity index (χ1) is 15.7. The van der Waals surface area contributed by atoms with Crippen LogP contribution in [0.4, 0.5) is 5.82 Å². The molecule has 0 atom stereocenters. The van der Waals surface area contributed by atoms with Crippen LogP contribution in [0.5, 0.6) is 0 Å². The standard InChI is InChI=1S/C23H23N7O2/c31-22-5-4-19(18-6-8-24-9-7-18)26-30(22)16-13-27-11-14-28(15-12-27)21-17-23(32)29-10-2-1-3-20(29)25-21/h1-10,17H,11-16H2. The fraction of sp³-hybridized carbons (Fsp3) is 0.261. The maximum absolute atomic E-state index is 12.4. The molecule has 5 heterocycles. The Labute approximate surface area is 184 Å². The molecule has 1 saturated heterocycles. The van der Waals surface area contributed by atoms with Gasteiger partial charge in [-0.1, -0.05) is 6.07 Å². The summed E-state index contributed by atoms with van der Waals surface area (Å²) in [6.45, 7) is 4.45. The predicted octanol–water partition coefficient (Wildman–Crippen LogP) is 1.14. The molecule has 1 aliphatic heterocycles. The van der Waals surface area contributed by atoms with Gasteiger partial charge >= 0.3 is 0 Å². The van der Waals surface area contributed by atoms with Gasteiger partial charge < -0.3 is 4.90 Å². The summed E-state index contributed by atoms with van der Waals surface area (Å²) in [5.74, 6) is 0.712. The third-order valence-electron chi connectivity index (χ3n) is 5.72. The lowest BCUT2D eigenvalue weighted by molar-refractivity contribution is 0.242. The van der Waals surface area contributed by atoms with Gasteiger partial charge in [-0.15, -0.1) is 0 Å². The van der Waals surface area contributed by atoms with Crippen molar-refractivity contribution in [3.05, 3.63) is 87.8 Å². The third-order valence-corrected chi connectivity index (χ3v) is 5.72. The summed E-state index contributed by atoms with van der Waals surface area (Å²) in [7, 11) is 0. The fourth-order valence-electron chi connectivity index (χ4n) is 3.93. The van der Waals surface area contributed by atoms with E-state index >= 15 is 0 Å². The van der Waals surface area contributed by atoms with E-state index in [1.54, 1.807) is 41.2 Å². The Morgan fingerprint density at radius 3 is 2.47 bits per heavy atom. The van der Waals surface area contributed by atoms with Gasteiger partial charge in [0.05, 0.1) is 12.2 Å². The van der Waals surface area contributed by atoms with Crippen LogP contribution < -0.4 is 16.0 Å². The van der Waals surface area contributed by atoms with Gasteiger partial charge in [-0.2, -0.15) is 5.10 Å². The molecule has 4 aromatic heterocycles. The van der Waals surface area contributed by atoms with Crippen molar-refractivity contribution in [2.45, 2.75) is 6.54 Å². The number of rotatable bonds is 5. The number of hydrogen-bond acceptors (Lipinski definition) is 7. The SMILES string of the molecule is O=c1ccc(-c2ccncc2)nn1CCN1CCN(c2cc(=O)n3ccccc3n2)CC1. The van der Waals surface area contributed by atoms with Crippen LogP contribution >= 0.6 is 0 Å². The molecule has 9 heteroatoms. The van der Waals surface area contributed by atoms with Crippen molar-refractivity contribution in [3.8, 4) is 11.3 Å². The highest BCUT2D eigenvalue weighted by atomic mass is 16.1. The number of anilines is 1. The zero-order valence-electron chi connectivity index (χ0n) is 17.5. The molecule has 0 amide bonds. The highest BCUT2D eigenvalue weighted by Crippen LogP contribution is 2.14. The number of fused-ring (bicyclic) bond motifs is 1. The van der Waals surface area contributed by atoms with Crippen LogP contribution in [0.2, 0.25) is 0 Å². The van der Waals surface area contributed by atoms with Gasteiger partial charge in [-0.3, -0.25) is 23.9 Å². The lowest BCUT2D eigenvalue weighted by Gasteiger charge is -2.35. The summed E-state index contributed by atoms with van der Waals surface area (Å²) < 4.78 is 3.07. The van der Waals surface area contributed by atoms with Gasteiger partial charge in [0.1, 0.15) is 11.5 Å². The molecule has 1 fully saturated rings. The van der Waals surface area contributed by atoms with E-state index in [1.165, 1.54) is 4.68 Å². The largest absolute Gasteiger partial charge is 0.354 e. The van der Waals surface area contributed by atoms with E-state index in [1.807, 2.05) is 30.3 Å². The molecule has 9 nitrogen and oxygen atoms in total. The Hall–Kier alpha value is -3.85. The summed E-state index contributed by atoms with van der Waals surface area (Å²) in [4.78, 5) is 37.8. The number of aromatic nitrogens is 5. The molecular formula is C23H23N7O2. The van der Waals surface area contributed by atoms with Crippen molar-refractivity contribution in [3.63, 3.8) is 0 Å². The molecule has 1 aliphatic rings. The van der Waals surface area contributed by atoms with E-state index in [2.05, 4.69) is 24.9 Å². The Morgan fingerprint density at radius 2 is 1.66 bits per heavy atom. The number of pyridine rings is 2. The first-order valence-electron chi connectivity index (χ1n) is 10.6. The number of hydrogen-bond donors (Lipinski definition) is 0. The summed E-state index contributed by atoms with van der Waals surface area (Å²) in [5, 5.41) is 4.52. The van der Waals surface area contributed by atoms with Crippen LogP contribution in [0.15, 0.2) is 76.7 Å². The zero-order chi connectivity index (χ0) is 21.9. The Balaban J connectivity index is 1.23. The quantitative estimate of drug-likeness (QED) is 0.470. The Morgan fingerprint density at radius 1 is 0.844 bits per heavy atom. The van der Waals surface area contributed by atoms with Crippen LogP contribution in [0, 0.1) is 0 Å². The fourth-order valence-corrected chi connectivity index (χ4v) is 3.93. The lowest BCUT2D eigenvalue weighted by atomic mass is 10.2. The monoisotopic (exact) mass is 429 g/mol. The minimum atomic E-state index is -0.109. The zero-order valence-corrected chi connectivity index (χ0v) is 17.5. The highest BCUT2D eigenvalue weighted by Gasteiger charge is 2.19. The summed E-state index contributed by atoms with van der Waals surface area (Å²) in [6.07, 6.45) is 5.15. The van der Waals surface area contributed by atoms with Crippen molar-refractivity contribution in [2.75, 3.05) is 37.6 Å². The molecule has 0 spiro atoms. The van der Waals surface area contributed by atoms with Crippen molar-refractivity contribution in [1.29, 1.82) is 0 Å². The third kappa shape index (κ3) is 4.15. The topological polar surface area (TPSA) is 88.6 Å². The first-order valence-corrected chi connectivity index (χ1v) is 10.6. The predicted molar refractivity (Wildman–Crippen MR) is 122 cm³/mol. The smallest absolute Gasteiger partial charge is 0.266 e. The molecule has 0 bridgehead atoms. The normalized spacial score (nSPS) is 14.7. The average Bonchev–Trinajstić information content (AvgIpc) is 2.84. The molecule has 0 aromatic carbocycles. The van der Waals surface area contributed by atoms with Crippen LogP contribution in [-0.4, -0.2) is 61.8 Å². The van der Waals surface area contributed by atoms with Crippen LogP contribution in [-0.2, 0) is 6.54 Å². The molecule has 0 radical (unpaired) electrons. The molecule has 162 valence electrons. The van der Waals surface area contributed by atoms with Gasteiger partial charge in [0.15, 0.2) is 0 Å². The van der Waals surface area contributed by atoms with Gasteiger partial charge in [-0.25, -0.2) is 9.67 Å². The minimum absolute atomic E-state index is 0.0763. The lowest BCUT2D eigenvalue weighted by Crippen LogP contribution is -2.48. The number of piperazine rings is 1. The van der Waals surface area contributed by atoms with E-state index in [9.17, 15) is 9.59 Å². The van der Waals surface area contributed by atoms with Gasteiger partial charge in [0.2, 0.25) is 0 Å². The molecule has 0 aliphatic carbocycles. The second-order valence-corrected chi connectivity index (χ2v) is 7.73. The molecule has 0 saturated carbocycles. The molecule has 32 heavy (non-hydrogen) atoms. The first kappa shape index (κ1) is 20.1. The van der Waals surface area contributed by atoms with Gasteiger partial charge in [0.25, 0.3) is 11.1 Å². The van der Waals surface area contributed by atoms with Crippen molar-refractivity contribution < 1.29 is 0 Å². The van der Waals surface area contributed by atoms with Crippen LogP contribution in [0.3, 0.4) is 0 Å². The van der Waals surface area contributed by atoms with E-state index in [0.29, 0.717) is 18.0 Å².